The summed E-state index contributed by atoms with van der Waals surface area (Å²) in [6, 6.07) is 3.56. The van der Waals surface area contributed by atoms with Crippen molar-refractivity contribution in [3.63, 3.8) is 0 Å². The summed E-state index contributed by atoms with van der Waals surface area (Å²) >= 11 is 0. The molecule has 1 aliphatic carbocycles. The van der Waals surface area contributed by atoms with Crippen molar-refractivity contribution >= 4 is 5.91 Å². The summed E-state index contributed by atoms with van der Waals surface area (Å²) in [7, 11) is 0. The lowest BCUT2D eigenvalue weighted by Crippen LogP contribution is -2.37. The molecule has 1 amide bonds. The molecule has 2 rings (SSSR count). The van der Waals surface area contributed by atoms with Gasteiger partial charge < -0.3 is 10.6 Å². The molecule has 106 valence electrons. The Morgan fingerprint density at radius 3 is 2.80 bits per heavy atom. The Morgan fingerprint density at radius 2 is 2.30 bits per heavy atom. The van der Waals surface area contributed by atoms with Crippen molar-refractivity contribution in [2.75, 3.05) is 19.6 Å². The van der Waals surface area contributed by atoms with E-state index < -0.39 is 0 Å². The van der Waals surface area contributed by atoms with Crippen molar-refractivity contribution in [1.82, 2.24) is 9.88 Å². The van der Waals surface area contributed by atoms with Crippen molar-refractivity contribution in [3.05, 3.63) is 29.6 Å². The molecule has 0 radical (unpaired) electrons. The second-order valence-corrected chi connectivity index (χ2v) is 5.08. The van der Waals surface area contributed by atoms with Gasteiger partial charge in [0, 0.05) is 24.8 Å². The fourth-order valence-electron chi connectivity index (χ4n) is 2.25. The number of hydrogen-bond acceptors (Lipinski definition) is 3. The highest BCUT2D eigenvalue weighted by molar-refractivity contribution is 5.92. The molecular formula is C16H21N3O. The topological polar surface area (TPSA) is 59.2 Å². The Kier molecular flexibility index (Phi) is 5.14. The van der Waals surface area contributed by atoms with Gasteiger partial charge in [-0.1, -0.05) is 18.3 Å². The summed E-state index contributed by atoms with van der Waals surface area (Å²) in [5.74, 6) is 6.36. The van der Waals surface area contributed by atoms with Crippen LogP contribution < -0.4 is 5.73 Å². The Morgan fingerprint density at radius 1 is 1.50 bits per heavy atom. The highest BCUT2D eigenvalue weighted by Crippen LogP contribution is 2.27. The highest BCUT2D eigenvalue weighted by atomic mass is 16.2. The smallest absolute Gasteiger partial charge is 0.272 e. The quantitative estimate of drug-likeness (QED) is 0.847. The average Bonchev–Trinajstić information content (AvgIpc) is 2.44. The molecule has 0 bridgehead atoms. The maximum Gasteiger partial charge on any atom is 0.272 e. The number of amides is 1. The maximum atomic E-state index is 12.4. The van der Waals surface area contributed by atoms with E-state index in [9.17, 15) is 4.79 Å². The van der Waals surface area contributed by atoms with E-state index >= 15 is 0 Å². The number of nitrogens with zero attached hydrogens (tertiary/aromatic N) is 2. The number of aromatic nitrogens is 1. The van der Waals surface area contributed by atoms with E-state index in [1.54, 1.807) is 12.3 Å². The van der Waals surface area contributed by atoms with Gasteiger partial charge in [-0.25, -0.2) is 4.98 Å². The van der Waals surface area contributed by atoms with Crippen molar-refractivity contribution in [1.29, 1.82) is 0 Å². The predicted molar refractivity (Wildman–Crippen MR) is 79.1 cm³/mol. The van der Waals surface area contributed by atoms with Gasteiger partial charge in [0.15, 0.2) is 0 Å². The van der Waals surface area contributed by atoms with Crippen molar-refractivity contribution < 1.29 is 4.79 Å². The van der Waals surface area contributed by atoms with Gasteiger partial charge in [-0.15, -0.1) is 0 Å². The largest absolute Gasteiger partial charge is 0.337 e. The van der Waals surface area contributed by atoms with E-state index in [2.05, 4.69) is 16.8 Å². The van der Waals surface area contributed by atoms with Crippen LogP contribution in [-0.4, -0.2) is 35.4 Å². The molecule has 0 spiro atoms. The number of rotatable bonds is 4. The summed E-state index contributed by atoms with van der Waals surface area (Å²) in [5, 5.41) is 0. The van der Waals surface area contributed by atoms with Crippen LogP contribution >= 0.6 is 0 Å². The molecule has 0 unspecified atom stereocenters. The van der Waals surface area contributed by atoms with Gasteiger partial charge in [0.2, 0.25) is 0 Å². The second-order valence-electron chi connectivity index (χ2n) is 5.08. The molecule has 1 aliphatic rings. The molecule has 1 aromatic heterocycles. The molecule has 0 saturated heterocycles. The first kappa shape index (κ1) is 14.5. The molecule has 2 N–H and O–H groups in total. The van der Waals surface area contributed by atoms with Gasteiger partial charge in [0.05, 0.1) is 6.54 Å². The van der Waals surface area contributed by atoms with Crippen LogP contribution in [0.4, 0.5) is 0 Å². The number of pyridine rings is 1. The van der Waals surface area contributed by atoms with Crippen LogP contribution in [-0.2, 0) is 0 Å². The maximum absolute atomic E-state index is 12.4. The van der Waals surface area contributed by atoms with E-state index in [0.717, 1.165) is 18.7 Å². The summed E-state index contributed by atoms with van der Waals surface area (Å²) in [6.07, 6.45) is 5.41. The first-order chi connectivity index (χ1) is 9.74. The van der Waals surface area contributed by atoms with Crippen LogP contribution in [0.5, 0.6) is 0 Å². The first-order valence-electron chi connectivity index (χ1n) is 7.19. The Balaban J connectivity index is 2.02. The Hall–Kier alpha value is -1.86. The van der Waals surface area contributed by atoms with Crippen molar-refractivity contribution in [2.24, 2.45) is 11.7 Å². The van der Waals surface area contributed by atoms with Gasteiger partial charge in [-0.05, 0) is 37.8 Å². The number of nitrogens with two attached hydrogens (primary N) is 1. The normalized spacial score (nSPS) is 14.1. The lowest BCUT2D eigenvalue weighted by Gasteiger charge is -2.31. The molecule has 4 nitrogen and oxygen atoms in total. The average molecular weight is 271 g/mol. The molecule has 0 aliphatic heterocycles. The lowest BCUT2D eigenvalue weighted by atomic mass is 9.85. The fraction of sp³-hybridized carbons (Fsp3) is 0.500. The van der Waals surface area contributed by atoms with Crippen LogP contribution in [0.3, 0.4) is 0 Å². The molecule has 1 saturated carbocycles. The summed E-state index contributed by atoms with van der Waals surface area (Å²) in [5.41, 5.74) is 6.60. The molecule has 1 aromatic rings. The van der Waals surface area contributed by atoms with Crippen LogP contribution in [0.25, 0.3) is 0 Å². The zero-order chi connectivity index (χ0) is 14.4. The fourth-order valence-corrected chi connectivity index (χ4v) is 2.25. The molecule has 4 heteroatoms. The van der Waals surface area contributed by atoms with Gasteiger partial charge in [0.25, 0.3) is 5.91 Å². The minimum Gasteiger partial charge on any atom is -0.337 e. The van der Waals surface area contributed by atoms with Gasteiger partial charge in [0.1, 0.15) is 5.69 Å². The molecule has 1 fully saturated rings. The Bertz CT molecular complexity index is 509. The van der Waals surface area contributed by atoms with Gasteiger partial charge in [-0.3, -0.25) is 4.79 Å². The van der Waals surface area contributed by atoms with Crippen LogP contribution in [0, 0.1) is 17.8 Å². The number of carbonyl (C=O) groups is 1. The van der Waals surface area contributed by atoms with E-state index in [1.807, 2.05) is 17.9 Å². The van der Waals surface area contributed by atoms with Crippen LogP contribution in [0.2, 0.25) is 0 Å². The van der Waals surface area contributed by atoms with Gasteiger partial charge >= 0.3 is 0 Å². The minimum absolute atomic E-state index is 0.0118. The minimum atomic E-state index is 0.0118. The molecular weight excluding hydrogens is 250 g/mol. The van der Waals surface area contributed by atoms with Crippen molar-refractivity contribution in [2.45, 2.75) is 26.2 Å². The molecule has 0 atom stereocenters. The predicted octanol–water partition coefficient (Wildman–Crippen LogP) is 1.65. The standard InChI is InChI=1S/C16H21N3O/c1-2-19(12-14-5-3-6-14)16(20)15-9-8-13(11-18-15)7-4-10-17/h8-9,11,14H,2-3,5-6,10,12,17H2,1H3. The van der Waals surface area contributed by atoms with Crippen molar-refractivity contribution in [3.8, 4) is 11.8 Å². The number of carbonyl (C=O) groups excluding carboxylic acids is 1. The van der Waals surface area contributed by atoms with E-state index in [-0.39, 0.29) is 5.91 Å². The zero-order valence-corrected chi connectivity index (χ0v) is 11.9. The zero-order valence-electron chi connectivity index (χ0n) is 11.9. The van der Waals surface area contributed by atoms with Crippen LogP contribution in [0.1, 0.15) is 42.2 Å². The lowest BCUT2D eigenvalue weighted by molar-refractivity contribution is 0.0700. The molecule has 20 heavy (non-hydrogen) atoms. The third kappa shape index (κ3) is 3.58. The first-order valence-corrected chi connectivity index (χ1v) is 7.19. The van der Waals surface area contributed by atoms with E-state index in [4.69, 9.17) is 5.73 Å². The summed E-state index contributed by atoms with van der Waals surface area (Å²) in [6.45, 7) is 3.92. The number of hydrogen-bond donors (Lipinski definition) is 1. The highest BCUT2D eigenvalue weighted by Gasteiger charge is 2.23. The third-order valence-electron chi connectivity index (χ3n) is 3.69. The SMILES string of the molecule is CCN(CC1CCC1)C(=O)c1ccc(C#CCN)cn1. The summed E-state index contributed by atoms with van der Waals surface area (Å²) in [4.78, 5) is 18.5. The van der Waals surface area contributed by atoms with E-state index in [0.29, 0.717) is 18.2 Å². The van der Waals surface area contributed by atoms with E-state index in [1.165, 1.54) is 19.3 Å². The second kappa shape index (κ2) is 7.06. The molecule has 1 heterocycles. The third-order valence-corrected chi connectivity index (χ3v) is 3.69. The van der Waals surface area contributed by atoms with Crippen LogP contribution in [0.15, 0.2) is 18.3 Å². The Labute approximate surface area is 120 Å². The van der Waals surface area contributed by atoms with Gasteiger partial charge in [-0.2, -0.15) is 0 Å². The monoisotopic (exact) mass is 271 g/mol. The summed E-state index contributed by atoms with van der Waals surface area (Å²) < 4.78 is 0. The molecule has 0 aromatic carbocycles.